The van der Waals surface area contributed by atoms with Crippen LogP contribution in [-0.4, -0.2) is 18.6 Å². The number of nitrogens with one attached hydrogen (secondary N) is 1. The molecule has 0 aliphatic rings. The third-order valence-corrected chi connectivity index (χ3v) is 3.54. The molecule has 0 aliphatic heterocycles. The first-order valence-electron chi connectivity index (χ1n) is 7.90. The van der Waals surface area contributed by atoms with E-state index in [1.165, 1.54) is 0 Å². The maximum Gasteiger partial charge on any atom is 0.413 e. The summed E-state index contributed by atoms with van der Waals surface area (Å²) in [7, 11) is 0. The molecule has 124 valence electrons. The second-order valence-corrected chi connectivity index (χ2v) is 5.31. The van der Waals surface area contributed by atoms with Crippen LogP contribution in [0.15, 0.2) is 73.3 Å². The monoisotopic (exact) mass is 323 g/mol. The Hall–Kier alpha value is -2.88. The lowest BCUT2D eigenvalue weighted by Gasteiger charge is -2.17. The molecular formula is C20H21NO3. The average Bonchev–Trinajstić information content (AvgIpc) is 2.61. The highest BCUT2D eigenvalue weighted by molar-refractivity contribution is 5.97. The van der Waals surface area contributed by atoms with E-state index < -0.39 is 17.9 Å². The van der Waals surface area contributed by atoms with Gasteiger partial charge in [-0.15, -0.1) is 6.58 Å². The lowest BCUT2D eigenvalue weighted by Crippen LogP contribution is -2.35. The van der Waals surface area contributed by atoms with E-state index in [9.17, 15) is 9.59 Å². The van der Waals surface area contributed by atoms with Crippen LogP contribution in [0.25, 0.3) is 0 Å². The summed E-state index contributed by atoms with van der Waals surface area (Å²) in [5, 5.41) is 2.33. The summed E-state index contributed by atoms with van der Waals surface area (Å²) in [6, 6.07) is 18.7. The summed E-state index contributed by atoms with van der Waals surface area (Å²) in [6.07, 6.45) is 2.48. The lowest BCUT2D eigenvalue weighted by molar-refractivity contribution is -0.121. The number of imide groups is 1. The van der Waals surface area contributed by atoms with Gasteiger partial charge in [0, 0.05) is 0 Å². The number of amides is 2. The fourth-order valence-corrected chi connectivity index (χ4v) is 2.39. The van der Waals surface area contributed by atoms with Crippen LogP contribution in [0, 0.1) is 0 Å². The highest BCUT2D eigenvalue weighted by Gasteiger charge is 2.24. The second-order valence-electron chi connectivity index (χ2n) is 5.31. The molecule has 4 nitrogen and oxygen atoms in total. The summed E-state index contributed by atoms with van der Waals surface area (Å²) >= 11 is 0. The topological polar surface area (TPSA) is 55.4 Å². The molecule has 0 atom stereocenters. The Labute approximate surface area is 142 Å². The van der Waals surface area contributed by atoms with Crippen LogP contribution >= 0.6 is 0 Å². The zero-order valence-corrected chi connectivity index (χ0v) is 13.5. The van der Waals surface area contributed by atoms with E-state index in [-0.39, 0.29) is 6.61 Å². The van der Waals surface area contributed by atoms with Gasteiger partial charge < -0.3 is 4.74 Å². The van der Waals surface area contributed by atoms with E-state index in [2.05, 4.69) is 11.9 Å². The van der Waals surface area contributed by atoms with E-state index in [1.807, 2.05) is 60.7 Å². The quantitative estimate of drug-likeness (QED) is 0.618. The number of allylic oxidation sites excluding steroid dienone is 1. The number of ether oxygens (including phenoxy) is 1. The smallest absolute Gasteiger partial charge is 0.413 e. The fourth-order valence-electron chi connectivity index (χ4n) is 2.39. The molecule has 0 bridgehead atoms. The highest BCUT2D eigenvalue weighted by Crippen LogP contribution is 2.24. The first kappa shape index (κ1) is 17.5. The van der Waals surface area contributed by atoms with Crippen molar-refractivity contribution in [3.8, 4) is 0 Å². The Kier molecular flexibility index (Phi) is 6.77. The van der Waals surface area contributed by atoms with Crippen molar-refractivity contribution in [1.29, 1.82) is 0 Å². The molecule has 1 N–H and O–H groups in total. The Balaban J connectivity index is 2.09. The van der Waals surface area contributed by atoms with E-state index in [1.54, 1.807) is 6.08 Å². The molecule has 2 aromatic rings. The average molecular weight is 323 g/mol. The number of alkyl carbamates (subject to hydrolysis) is 1. The van der Waals surface area contributed by atoms with E-state index in [0.717, 1.165) is 17.5 Å². The first-order chi connectivity index (χ1) is 11.7. The molecule has 2 aromatic carbocycles. The van der Waals surface area contributed by atoms with Gasteiger partial charge in [-0.25, -0.2) is 4.79 Å². The number of carbonyl (C=O) groups excluding carboxylic acids is 2. The molecular weight excluding hydrogens is 302 g/mol. The zero-order valence-electron chi connectivity index (χ0n) is 13.5. The minimum atomic E-state index is -0.721. The van der Waals surface area contributed by atoms with Gasteiger partial charge in [-0.1, -0.05) is 66.7 Å². The van der Waals surface area contributed by atoms with Gasteiger partial charge in [0.25, 0.3) is 0 Å². The number of carbonyl (C=O) groups is 2. The number of hydrogen-bond acceptors (Lipinski definition) is 3. The largest absolute Gasteiger partial charge is 0.449 e. The molecule has 0 spiro atoms. The summed E-state index contributed by atoms with van der Waals surface area (Å²) in [5.74, 6) is -0.964. The molecule has 24 heavy (non-hydrogen) atoms. The maximum absolute atomic E-state index is 12.6. The van der Waals surface area contributed by atoms with Gasteiger partial charge >= 0.3 is 6.09 Å². The third kappa shape index (κ3) is 5.09. The molecule has 0 aromatic heterocycles. The van der Waals surface area contributed by atoms with Gasteiger partial charge in [0.2, 0.25) is 5.91 Å². The van der Waals surface area contributed by atoms with E-state index in [0.29, 0.717) is 6.42 Å². The Morgan fingerprint density at radius 1 is 1.00 bits per heavy atom. The number of unbranched alkanes of at least 4 members (excludes halogenated alkanes) is 1. The molecule has 2 rings (SSSR count). The van der Waals surface area contributed by atoms with Crippen LogP contribution in [0.5, 0.6) is 0 Å². The molecule has 0 fully saturated rings. The van der Waals surface area contributed by atoms with Crippen LogP contribution < -0.4 is 5.32 Å². The van der Waals surface area contributed by atoms with Crippen molar-refractivity contribution < 1.29 is 14.3 Å². The summed E-state index contributed by atoms with van der Waals surface area (Å²) in [5.41, 5.74) is 1.64. The molecule has 4 heteroatoms. The van der Waals surface area contributed by atoms with Crippen molar-refractivity contribution in [3.05, 3.63) is 84.4 Å². The van der Waals surface area contributed by atoms with E-state index >= 15 is 0 Å². The predicted octanol–water partition coefficient (Wildman–Crippen LogP) is 4.04. The Bertz CT molecular complexity index is 628. The summed E-state index contributed by atoms with van der Waals surface area (Å²) in [4.78, 5) is 24.4. The van der Waals surface area contributed by atoms with Gasteiger partial charge in [-0.2, -0.15) is 0 Å². The molecule has 0 aliphatic carbocycles. The summed E-state index contributed by atoms with van der Waals surface area (Å²) in [6.45, 7) is 3.86. The normalized spacial score (nSPS) is 10.2. The van der Waals surface area contributed by atoms with Crippen molar-refractivity contribution in [3.63, 3.8) is 0 Å². The number of rotatable bonds is 7. The van der Waals surface area contributed by atoms with Gasteiger partial charge in [0.05, 0.1) is 12.5 Å². The standard InChI is InChI=1S/C20H21NO3/c1-2-3-10-15-24-20(23)21-19(22)18(16-11-6-4-7-12-16)17-13-8-5-9-14-17/h2,4-9,11-14,18H,1,3,10,15H2,(H,21,22,23). The number of hydrogen-bond donors (Lipinski definition) is 1. The van der Waals surface area contributed by atoms with E-state index in [4.69, 9.17) is 4.74 Å². The molecule has 0 unspecified atom stereocenters. The van der Waals surface area contributed by atoms with Crippen molar-refractivity contribution in [2.45, 2.75) is 18.8 Å². The minimum absolute atomic E-state index is 0.256. The Morgan fingerprint density at radius 3 is 2.04 bits per heavy atom. The van der Waals surface area contributed by atoms with Gasteiger partial charge in [0.1, 0.15) is 0 Å². The maximum atomic E-state index is 12.6. The zero-order chi connectivity index (χ0) is 17.2. The molecule has 0 heterocycles. The fraction of sp³-hybridized carbons (Fsp3) is 0.200. The minimum Gasteiger partial charge on any atom is -0.449 e. The van der Waals surface area contributed by atoms with Gasteiger partial charge in [-0.3, -0.25) is 10.1 Å². The van der Waals surface area contributed by atoms with Crippen LogP contribution in [0.4, 0.5) is 4.79 Å². The van der Waals surface area contributed by atoms with Gasteiger partial charge in [0.15, 0.2) is 0 Å². The second kappa shape index (κ2) is 9.30. The van der Waals surface area contributed by atoms with Gasteiger partial charge in [-0.05, 0) is 24.0 Å². The Morgan fingerprint density at radius 2 is 1.54 bits per heavy atom. The number of benzene rings is 2. The van der Waals surface area contributed by atoms with Crippen molar-refractivity contribution in [1.82, 2.24) is 5.32 Å². The highest BCUT2D eigenvalue weighted by atomic mass is 16.5. The predicted molar refractivity (Wildman–Crippen MR) is 93.6 cm³/mol. The van der Waals surface area contributed by atoms with Crippen LogP contribution in [0.1, 0.15) is 29.9 Å². The first-order valence-corrected chi connectivity index (χ1v) is 7.90. The SMILES string of the molecule is C=CCCCOC(=O)NC(=O)C(c1ccccc1)c1ccccc1. The molecule has 0 saturated carbocycles. The third-order valence-electron chi connectivity index (χ3n) is 3.54. The van der Waals surface area contributed by atoms with Crippen LogP contribution in [0.3, 0.4) is 0 Å². The molecule has 2 amide bonds. The van der Waals surface area contributed by atoms with Crippen molar-refractivity contribution >= 4 is 12.0 Å². The van der Waals surface area contributed by atoms with Crippen molar-refractivity contribution in [2.75, 3.05) is 6.61 Å². The van der Waals surface area contributed by atoms with Crippen LogP contribution in [-0.2, 0) is 9.53 Å². The van der Waals surface area contributed by atoms with Crippen molar-refractivity contribution in [2.24, 2.45) is 0 Å². The molecule has 0 saturated heterocycles. The summed E-state index contributed by atoms with van der Waals surface area (Å²) < 4.78 is 5.02. The lowest BCUT2D eigenvalue weighted by atomic mass is 9.90. The molecule has 0 radical (unpaired) electrons. The van der Waals surface area contributed by atoms with Crippen LogP contribution in [0.2, 0.25) is 0 Å².